The number of ether oxygens (including phenoxy) is 2. The van der Waals surface area contributed by atoms with Crippen molar-refractivity contribution >= 4 is 11.9 Å². The lowest BCUT2D eigenvalue weighted by molar-refractivity contribution is 0.0454. The van der Waals surface area contributed by atoms with Gasteiger partial charge in [-0.05, 0) is 49.9 Å². The Morgan fingerprint density at radius 2 is 1.03 bits per heavy atom. The Balaban J connectivity index is 1.59. The number of hydrogen-bond donors (Lipinski definition) is 0. The summed E-state index contributed by atoms with van der Waals surface area (Å²) in [5.74, 6) is -0.746. The third kappa shape index (κ3) is 5.21. The van der Waals surface area contributed by atoms with Crippen molar-refractivity contribution in [1.82, 2.24) is 0 Å². The predicted octanol–water partition coefficient (Wildman–Crippen LogP) is 3.54. The van der Waals surface area contributed by atoms with Crippen LogP contribution in [0.4, 0.5) is 0 Å². The van der Waals surface area contributed by atoms with Crippen LogP contribution in [0.25, 0.3) is 0 Å². The fraction of sp³-hybridized carbons (Fsp3) is 0.250. The van der Waals surface area contributed by atoms with E-state index in [1.54, 1.807) is 38.1 Å². The van der Waals surface area contributed by atoms with Gasteiger partial charge in [0.2, 0.25) is 0 Å². The van der Waals surface area contributed by atoms with Gasteiger partial charge in [-0.2, -0.15) is 0 Å². The van der Waals surface area contributed by atoms with Crippen LogP contribution in [0.5, 0.6) is 0 Å². The van der Waals surface area contributed by atoms with Gasteiger partial charge in [0, 0.05) is 12.1 Å². The molecule has 2 aromatic heterocycles. The highest BCUT2D eigenvalue weighted by atomic mass is 16.5. The van der Waals surface area contributed by atoms with Gasteiger partial charge in [0.05, 0.1) is 0 Å². The Bertz CT molecular complexity index is 1130. The molecule has 3 rings (SSSR count). The molecule has 0 aliphatic heterocycles. The molecule has 0 unspecified atom stereocenters. The van der Waals surface area contributed by atoms with Crippen LogP contribution in [0.3, 0.4) is 0 Å². The van der Waals surface area contributed by atoms with E-state index in [0.29, 0.717) is 11.1 Å². The van der Waals surface area contributed by atoms with E-state index in [4.69, 9.17) is 18.3 Å². The third-order valence-corrected chi connectivity index (χ3v) is 4.84. The maximum absolute atomic E-state index is 12.4. The lowest BCUT2D eigenvalue weighted by Gasteiger charge is -2.10. The summed E-state index contributed by atoms with van der Waals surface area (Å²) < 4.78 is 20.6. The first-order chi connectivity index (χ1) is 15.2. The van der Waals surface area contributed by atoms with Crippen molar-refractivity contribution in [3.05, 3.63) is 102 Å². The standard InChI is InChI=1S/C24H22O8/c1-13-9-19(25)31-15(3)21(13)23(27)29-11-17-5-7-18(8-6-17)12-30-24(28)22-14(2)10-20(26)32-16(22)4/h5-10H,11-12H2,1-4H3. The predicted molar refractivity (Wildman–Crippen MR) is 114 cm³/mol. The molecule has 0 bridgehead atoms. The van der Waals surface area contributed by atoms with Crippen molar-refractivity contribution in [2.75, 3.05) is 0 Å². The molecule has 0 fully saturated rings. The first-order valence-corrected chi connectivity index (χ1v) is 9.80. The molecule has 0 saturated heterocycles. The highest BCUT2D eigenvalue weighted by molar-refractivity contribution is 5.92. The summed E-state index contributed by atoms with van der Waals surface area (Å²) >= 11 is 0. The molecule has 166 valence electrons. The average Bonchev–Trinajstić information content (AvgIpc) is 2.70. The van der Waals surface area contributed by atoms with Crippen LogP contribution in [0.2, 0.25) is 0 Å². The van der Waals surface area contributed by atoms with Gasteiger partial charge in [-0.3, -0.25) is 0 Å². The number of esters is 2. The minimum absolute atomic E-state index is 0.0261. The first kappa shape index (κ1) is 22.7. The Morgan fingerprint density at radius 1 is 0.688 bits per heavy atom. The fourth-order valence-corrected chi connectivity index (χ4v) is 3.30. The van der Waals surface area contributed by atoms with E-state index in [2.05, 4.69) is 0 Å². The Kier molecular flexibility index (Phi) is 6.73. The largest absolute Gasteiger partial charge is 0.457 e. The van der Waals surface area contributed by atoms with E-state index in [1.807, 2.05) is 0 Å². The van der Waals surface area contributed by atoms with Gasteiger partial charge in [-0.1, -0.05) is 24.3 Å². The quantitative estimate of drug-likeness (QED) is 0.537. The minimum atomic E-state index is -0.581. The monoisotopic (exact) mass is 438 g/mol. The molecule has 0 amide bonds. The second-order valence-corrected chi connectivity index (χ2v) is 7.33. The van der Waals surface area contributed by atoms with Crippen molar-refractivity contribution in [2.24, 2.45) is 0 Å². The van der Waals surface area contributed by atoms with Crippen LogP contribution in [0.15, 0.2) is 54.8 Å². The molecule has 0 N–H and O–H groups in total. The van der Waals surface area contributed by atoms with Crippen LogP contribution in [-0.2, 0) is 22.7 Å². The second-order valence-electron chi connectivity index (χ2n) is 7.33. The highest BCUT2D eigenvalue weighted by Gasteiger charge is 2.18. The summed E-state index contributed by atoms with van der Waals surface area (Å²) in [4.78, 5) is 47.4. The molecule has 0 aliphatic rings. The maximum Gasteiger partial charge on any atom is 0.342 e. The summed E-state index contributed by atoms with van der Waals surface area (Å²) in [6, 6.07) is 9.48. The van der Waals surface area contributed by atoms with Crippen LogP contribution < -0.4 is 11.3 Å². The second kappa shape index (κ2) is 9.47. The van der Waals surface area contributed by atoms with Gasteiger partial charge >= 0.3 is 23.2 Å². The molecule has 0 saturated carbocycles. The van der Waals surface area contributed by atoms with Gasteiger partial charge in [-0.15, -0.1) is 0 Å². The van der Waals surface area contributed by atoms with E-state index in [1.165, 1.54) is 26.0 Å². The number of hydrogen-bond acceptors (Lipinski definition) is 8. The van der Waals surface area contributed by atoms with E-state index in [-0.39, 0.29) is 35.9 Å². The lowest BCUT2D eigenvalue weighted by atomic mass is 10.1. The van der Waals surface area contributed by atoms with Gasteiger partial charge in [-0.25, -0.2) is 19.2 Å². The van der Waals surface area contributed by atoms with E-state index in [0.717, 1.165) is 11.1 Å². The summed E-state index contributed by atoms with van der Waals surface area (Å²) in [5.41, 5.74) is 1.87. The summed E-state index contributed by atoms with van der Waals surface area (Å²) in [5, 5.41) is 0. The maximum atomic E-state index is 12.4. The number of carbonyl (C=O) groups is 2. The van der Waals surface area contributed by atoms with Crippen molar-refractivity contribution in [3.63, 3.8) is 0 Å². The molecular formula is C24H22O8. The van der Waals surface area contributed by atoms with Crippen LogP contribution >= 0.6 is 0 Å². The summed E-state index contributed by atoms with van der Waals surface area (Å²) in [7, 11) is 0. The van der Waals surface area contributed by atoms with Crippen molar-refractivity contribution < 1.29 is 27.9 Å². The lowest BCUT2D eigenvalue weighted by Crippen LogP contribution is -2.13. The normalized spacial score (nSPS) is 10.6. The van der Waals surface area contributed by atoms with Crippen molar-refractivity contribution in [1.29, 1.82) is 0 Å². The molecule has 8 heteroatoms. The molecule has 0 radical (unpaired) electrons. The molecule has 0 atom stereocenters. The van der Waals surface area contributed by atoms with Gasteiger partial charge < -0.3 is 18.3 Å². The molecule has 2 heterocycles. The first-order valence-electron chi connectivity index (χ1n) is 9.80. The molecule has 1 aromatic carbocycles. The van der Waals surface area contributed by atoms with Gasteiger partial charge in [0.1, 0.15) is 35.9 Å². The minimum Gasteiger partial charge on any atom is -0.457 e. The van der Waals surface area contributed by atoms with Crippen LogP contribution in [-0.4, -0.2) is 11.9 Å². The van der Waals surface area contributed by atoms with Crippen molar-refractivity contribution in [2.45, 2.75) is 40.9 Å². The van der Waals surface area contributed by atoms with E-state index in [9.17, 15) is 19.2 Å². The molecule has 3 aromatic rings. The summed E-state index contributed by atoms with van der Waals surface area (Å²) in [6.07, 6.45) is 0. The number of carbonyl (C=O) groups excluding carboxylic acids is 2. The third-order valence-electron chi connectivity index (χ3n) is 4.84. The smallest absolute Gasteiger partial charge is 0.342 e. The van der Waals surface area contributed by atoms with Crippen LogP contribution in [0.1, 0.15) is 54.5 Å². The Hall–Kier alpha value is -3.94. The molecule has 0 aliphatic carbocycles. The molecule has 32 heavy (non-hydrogen) atoms. The van der Waals surface area contributed by atoms with E-state index < -0.39 is 23.2 Å². The zero-order valence-electron chi connectivity index (χ0n) is 18.1. The molecule has 8 nitrogen and oxygen atoms in total. The Morgan fingerprint density at radius 3 is 1.34 bits per heavy atom. The zero-order chi connectivity index (χ0) is 23.4. The molecule has 0 spiro atoms. The average molecular weight is 438 g/mol. The highest BCUT2D eigenvalue weighted by Crippen LogP contribution is 2.16. The SMILES string of the molecule is Cc1cc(=O)oc(C)c1C(=O)OCc1ccc(COC(=O)c2c(C)cc(=O)oc2C)cc1. The van der Waals surface area contributed by atoms with Gasteiger partial charge in [0.25, 0.3) is 0 Å². The summed E-state index contributed by atoms with van der Waals surface area (Å²) in [6.45, 7) is 6.41. The fourth-order valence-electron chi connectivity index (χ4n) is 3.30. The topological polar surface area (TPSA) is 113 Å². The molecular weight excluding hydrogens is 416 g/mol. The van der Waals surface area contributed by atoms with Crippen molar-refractivity contribution in [3.8, 4) is 0 Å². The van der Waals surface area contributed by atoms with E-state index >= 15 is 0 Å². The van der Waals surface area contributed by atoms with Gasteiger partial charge in [0.15, 0.2) is 0 Å². The number of rotatable bonds is 6. The zero-order valence-corrected chi connectivity index (χ0v) is 18.1. The Labute approximate surface area is 183 Å². The number of benzene rings is 1. The number of aryl methyl sites for hydroxylation is 4. The van der Waals surface area contributed by atoms with Crippen LogP contribution in [0, 0.1) is 27.7 Å².